The van der Waals surface area contributed by atoms with E-state index in [0.717, 1.165) is 5.56 Å². The number of ketones is 1. The molecule has 98 valence electrons. The van der Waals surface area contributed by atoms with Crippen molar-refractivity contribution in [1.29, 1.82) is 0 Å². The highest BCUT2D eigenvalue weighted by Gasteiger charge is 2.11. The van der Waals surface area contributed by atoms with E-state index in [4.69, 9.17) is 4.74 Å². The van der Waals surface area contributed by atoms with Gasteiger partial charge in [-0.15, -0.1) is 0 Å². The highest BCUT2D eigenvalue weighted by atomic mass is 16.5. The van der Waals surface area contributed by atoms with Crippen LogP contribution in [0.5, 0.6) is 5.75 Å². The largest absolute Gasteiger partial charge is 0.492 e. The Morgan fingerprint density at radius 2 is 1.89 bits per heavy atom. The fourth-order valence-corrected chi connectivity index (χ4v) is 1.84. The van der Waals surface area contributed by atoms with Crippen LogP contribution in [0.25, 0.3) is 0 Å². The minimum absolute atomic E-state index is 0.0304. The van der Waals surface area contributed by atoms with Gasteiger partial charge in [0.15, 0.2) is 5.78 Å². The van der Waals surface area contributed by atoms with E-state index in [0.29, 0.717) is 23.5 Å². The molecule has 0 unspecified atom stereocenters. The first-order valence-electron chi connectivity index (χ1n) is 6.31. The molecule has 0 fully saturated rings. The molecule has 0 aliphatic rings. The predicted octanol–water partition coefficient (Wildman–Crippen LogP) is 3.33. The monoisotopic (exact) mass is 255 g/mol. The molecule has 1 aromatic carbocycles. The highest BCUT2D eigenvalue weighted by Crippen LogP contribution is 2.17. The van der Waals surface area contributed by atoms with E-state index in [2.05, 4.69) is 4.98 Å². The number of rotatable bonds is 4. The van der Waals surface area contributed by atoms with Crippen LogP contribution in [0.3, 0.4) is 0 Å². The zero-order valence-corrected chi connectivity index (χ0v) is 11.4. The quantitative estimate of drug-likeness (QED) is 0.787. The van der Waals surface area contributed by atoms with E-state index in [1.54, 1.807) is 18.5 Å². The van der Waals surface area contributed by atoms with Gasteiger partial charge in [0.25, 0.3) is 0 Å². The number of hydrogen-bond acceptors (Lipinski definition) is 3. The van der Waals surface area contributed by atoms with E-state index in [9.17, 15) is 4.79 Å². The van der Waals surface area contributed by atoms with Crippen LogP contribution in [0, 0.1) is 13.8 Å². The fraction of sp³-hybridized carbons (Fsp3) is 0.250. The van der Waals surface area contributed by atoms with Crippen molar-refractivity contribution in [2.75, 3.05) is 6.61 Å². The van der Waals surface area contributed by atoms with Crippen molar-refractivity contribution in [3.05, 3.63) is 58.9 Å². The lowest BCUT2D eigenvalue weighted by Crippen LogP contribution is -2.03. The zero-order valence-electron chi connectivity index (χ0n) is 11.4. The van der Waals surface area contributed by atoms with Gasteiger partial charge in [0.2, 0.25) is 0 Å². The lowest BCUT2D eigenvalue weighted by Gasteiger charge is -2.06. The molecule has 19 heavy (non-hydrogen) atoms. The maximum atomic E-state index is 12.4. The van der Waals surface area contributed by atoms with Gasteiger partial charge in [-0.3, -0.25) is 9.78 Å². The van der Waals surface area contributed by atoms with Crippen LogP contribution in [0.2, 0.25) is 0 Å². The molecular formula is C16H17NO2. The van der Waals surface area contributed by atoms with Crippen LogP contribution in [0.15, 0.2) is 36.7 Å². The first-order valence-corrected chi connectivity index (χ1v) is 6.31. The second-order valence-electron chi connectivity index (χ2n) is 4.47. The molecule has 0 N–H and O–H groups in total. The molecule has 2 rings (SSSR count). The number of carbonyl (C=O) groups excluding carboxylic acids is 1. The Bertz CT molecular complexity index is 605. The number of aryl methyl sites for hydroxylation is 2. The second-order valence-corrected chi connectivity index (χ2v) is 4.47. The van der Waals surface area contributed by atoms with Gasteiger partial charge in [0.05, 0.1) is 12.8 Å². The Kier molecular flexibility index (Phi) is 3.95. The third kappa shape index (κ3) is 2.99. The Balaban J connectivity index is 2.32. The van der Waals surface area contributed by atoms with Crippen molar-refractivity contribution in [3.8, 4) is 5.75 Å². The van der Waals surface area contributed by atoms with Gasteiger partial charge < -0.3 is 4.74 Å². The number of nitrogens with zero attached hydrogens (tertiary/aromatic N) is 1. The Hall–Kier alpha value is -2.16. The van der Waals surface area contributed by atoms with Crippen LogP contribution in [-0.2, 0) is 0 Å². The van der Waals surface area contributed by atoms with E-state index < -0.39 is 0 Å². The summed E-state index contributed by atoms with van der Waals surface area (Å²) >= 11 is 0. The van der Waals surface area contributed by atoms with Crippen molar-refractivity contribution in [1.82, 2.24) is 4.98 Å². The topological polar surface area (TPSA) is 39.2 Å². The Morgan fingerprint density at radius 3 is 2.58 bits per heavy atom. The van der Waals surface area contributed by atoms with Gasteiger partial charge in [-0.25, -0.2) is 0 Å². The Morgan fingerprint density at radius 1 is 1.11 bits per heavy atom. The van der Waals surface area contributed by atoms with Gasteiger partial charge in [-0.1, -0.05) is 12.1 Å². The molecule has 0 atom stereocenters. The molecule has 1 aromatic heterocycles. The minimum Gasteiger partial charge on any atom is -0.492 e. The number of benzene rings is 1. The standard InChI is InChI=1S/C16H17NO2/c1-4-19-15-8-14(9-17-10-15)16(18)13-6-5-11(2)12(3)7-13/h5-10H,4H2,1-3H3. The summed E-state index contributed by atoms with van der Waals surface area (Å²) in [4.78, 5) is 16.4. The number of hydrogen-bond donors (Lipinski definition) is 0. The van der Waals surface area contributed by atoms with E-state index in [1.165, 1.54) is 5.56 Å². The summed E-state index contributed by atoms with van der Waals surface area (Å²) < 4.78 is 5.36. The first-order chi connectivity index (χ1) is 9.11. The molecule has 0 aliphatic carbocycles. The van der Waals surface area contributed by atoms with Crippen molar-refractivity contribution < 1.29 is 9.53 Å². The number of carbonyl (C=O) groups is 1. The molecule has 3 heteroatoms. The van der Waals surface area contributed by atoms with Gasteiger partial charge >= 0.3 is 0 Å². The molecule has 0 spiro atoms. The van der Waals surface area contributed by atoms with Gasteiger partial charge in [-0.2, -0.15) is 0 Å². The summed E-state index contributed by atoms with van der Waals surface area (Å²) in [6, 6.07) is 7.44. The molecule has 0 radical (unpaired) electrons. The van der Waals surface area contributed by atoms with E-state index in [-0.39, 0.29) is 5.78 Å². The van der Waals surface area contributed by atoms with Crippen LogP contribution >= 0.6 is 0 Å². The predicted molar refractivity (Wildman–Crippen MR) is 74.8 cm³/mol. The van der Waals surface area contributed by atoms with E-state index in [1.807, 2.05) is 39.0 Å². The third-order valence-electron chi connectivity index (χ3n) is 3.06. The molecule has 0 amide bonds. The summed E-state index contributed by atoms with van der Waals surface area (Å²) in [6.07, 6.45) is 3.18. The first kappa shape index (κ1) is 13.3. The normalized spacial score (nSPS) is 10.3. The number of pyridine rings is 1. The summed E-state index contributed by atoms with van der Waals surface area (Å²) in [5.74, 6) is 0.592. The number of ether oxygens (including phenoxy) is 1. The van der Waals surface area contributed by atoms with Crippen molar-refractivity contribution in [2.24, 2.45) is 0 Å². The molecular weight excluding hydrogens is 238 g/mol. The average molecular weight is 255 g/mol. The molecule has 0 saturated carbocycles. The van der Waals surface area contributed by atoms with Gasteiger partial charge in [0.1, 0.15) is 5.75 Å². The smallest absolute Gasteiger partial charge is 0.194 e. The van der Waals surface area contributed by atoms with Crippen molar-refractivity contribution in [2.45, 2.75) is 20.8 Å². The average Bonchev–Trinajstić information content (AvgIpc) is 2.42. The number of aromatic nitrogens is 1. The van der Waals surface area contributed by atoms with Gasteiger partial charge in [-0.05, 0) is 44.0 Å². The van der Waals surface area contributed by atoms with Crippen LogP contribution in [0.4, 0.5) is 0 Å². The minimum atomic E-state index is -0.0304. The van der Waals surface area contributed by atoms with E-state index >= 15 is 0 Å². The van der Waals surface area contributed by atoms with Crippen molar-refractivity contribution in [3.63, 3.8) is 0 Å². The molecule has 0 bridgehead atoms. The summed E-state index contributed by atoms with van der Waals surface area (Å²) in [5, 5.41) is 0. The summed E-state index contributed by atoms with van der Waals surface area (Å²) in [5.41, 5.74) is 3.52. The van der Waals surface area contributed by atoms with Crippen LogP contribution < -0.4 is 4.74 Å². The van der Waals surface area contributed by atoms with Crippen LogP contribution in [0.1, 0.15) is 34.0 Å². The summed E-state index contributed by atoms with van der Waals surface area (Å²) in [6.45, 7) is 6.49. The highest BCUT2D eigenvalue weighted by molar-refractivity contribution is 6.09. The van der Waals surface area contributed by atoms with Gasteiger partial charge in [0, 0.05) is 17.3 Å². The van der Waals surface area contributed by atoms with Crippen molar-refractivity contribution >= 4 is 5.78 Å². The molecule has 0 aliphatic heterocycles. The molecule has 3 nitrogen and oxygen atoms in total. The Labute approximate surface area is 113 Å². The fourth-order valence-electron chi connectivity index (χ4n) is 1.84. The SMILES string of the molecule is CCOc1cncc(C(=O)c2ccc(C)c(C)c2)c1. The summed E-state index contributed by atoms with van der Waals surface area (Å²) in [7, 11) is 0. The molecule has 0 saturated heterocycles. The third-order valence-corrected chi connectivity index (χ3v) is 3.06. The second kappa shape index (κ2) is 5.65. The van der Waals surface area contributed by atoms with Crippen LogP contribution in [-0.4, -0.2) is 17.4 Å². The maximum Gasteiger partial charge on any atom is 0.194 e. The molecule has 1 heterocycles. The zero-order chi connectivity index (χ0) is 13.8. The maximum absolute atomic E-state index is 12.4. The molecule has 2 aromatic rings. The lowest BCUT2D eigenvalue weighted by molar-refractivity contribution is 0.103. The lowest BCUT2D eigenvalue weighted by atomic mass is 10.0.